The number of benzene rings is 1. The molecule has 0 bridgehead atoms. The first kappa shape index (κ1) is 2.95. The predicted molar refractivity (Wildman–Crippen MR) is 56.0 cm³/mol. The number of para-hydroxylation sites is 1. The lowest BCUT2D eigenvalue weighted by molar-refractivity contribution is 1.04. The zero-order valence-corrected chi connectivity index (χ0v) is 7.86. The summed E-state index contributed by atoms with van der Waals surface area (Å²) in [6.45, 7) is -2.85. The molecule has 66 valence electrons. The van der Waals surface area contributed by atoms with Crippen LogP contribution in [0, 0.1) is 6.85 Å². The Balaban J connectivity index is 3.04. The lowest BCUT2D eigenvalue weighted by Gasteiger charge is -2.04. The molecule has 0 aliphatic rings. The van der Waals surface area contributed by atoms with Crippen molar-refractivity contribution in [1.29, 1.82) is 0 Å². The summed E-state index contributed by atoms with van der Waals surface area (Å²) in [7, 11) is 0. The second-order valence-electron chi connectivity index (χ2n) is 2.17. The Morgan fingerprint density at radius 1 is 1.54 bits per heavy atom. The standard InChI is InChI=1S/C10H9BrN2/c1-8-4-2-3-5-9(8)13-6-10(11)12-7-13/h2-7H,1H3/i1D3,2D,3D,4D,5D,6D,7D. The van der Waals surface area contributed by atoms with Crippen LogP contribution in [0.1, 0.15) is 17.9 Å². The molecule has 2 rings (SSSR count). The molecule has 0 N–H and O–H groups in total. The van der Waals surface area contributed by atoms with Gasteiger partial charge in [0.1, 0.15) is 12.3 Å². The molecule has 0 spiro atoms. The average molecular weight is 246 g/mol. The third-order valence-electron chi connectivity index (χ3n) is 1.34. The third kappa shape index (κ3) is 1.65. The fourth-order valence-electron chi connectivity index (χ4n) is 0.816. The van der Waals surface area contributed by atoms with Crippen LogP contribution in [0.25, 0.3) is 5.69 Å². The summed E-state index contributed by atoms with van der Waals surface area (Å²) in [5.41, 5.74) is -1.11. The summed E-state index contributed by atoms with van der Waals surface area (Å²) in [6, 6.07) is -2.69. The molecular formula is C10H9BrN2. The van der Waals surface area contributed by atoms with Gasteiger partial charge in [0.2, 0.25) is 0 Å². The first-order valence-corrected chi connectivity index (χ1v) is 4.10. The highest BCUT2D eigenvalue weighted by Crippen LogP contribution is 2.15. The molecular weight excluding hydrogens is 228 g/mol. The first-order chi connectivity index (χ1) is 9.98. The first-order valence-electron chi connectivity index (χ1n) is 7.81. The van der Waals surface area contributed by atoms with Gasteiger partial charge in [-0.25, -0.2) is 4.98 Å². The van der Waals surface area contributed by atoms with Crippen LogP contribution in [0.5, 0.6) is 0 Å². The van der Waals surface area contributed by atoms with E-state index in [0.29, 0.717) is 0 Å². The van der Waals surface area contributed by atoms with Crippen LogP contribution in [0.15, 0.2) is 41.2 Å². The minimum absolute atomic E-state index is 0.0265. The van der Waals surface area contributed by atoms with E-state index in [1.807, 2.05) is 0 Å². The molecule has 3 heteroatoms. The van der Waals surface area contributed by atoms with Gasteiger partial charge in [-0.1, -0.05) is 18.1 Å². The predicted octanol–water partition coefficient (Wildman–Crippen LogP) is 2.94. The molecule has 0 amide bonds. The van der Waals surface area contributed by atoms with Crippen LogP contribution in [0.4, 0.5) is 0 Å². The summed E-state index contributed by atoms with van der Waals surface area (Å²) < 4.78 is 69.9. The Kier molecular flexibility index (Phi) is 0.759. The second kappa shape index (κ2) is 3.34. The van der Waals surface area contributed by atoms with Crippen LogP contribution in [-0.2, 0) is 0 Å². The second-order valence-corrected chi connectivity index (χ2v) is 2.92. The van der Waals surface area contributed by atoms with Gasteiger partial charge in [-0.3, -0.25) is 0 Å². The van der Waals surface area contributed by atoms with Crippen molar-refractivity contribution in [2.45, 2.75) is 6.85 Å². The monoisotopic (exact) mass is 245 g/mol. The SMILES string of the molecule is [2H]c1c([2H])c([2H])c(C([2H])([2H])[2H])c(-n2c([2H])nc(Br)c2[2H])c1[2H]. The van der Waals surface area contributed by atoms with E-state index in [9.17, 15) is 0 Å². The molecule has 2 nitrogen and oxygen atoms in total. The summed E-state index contributed by atoms with van der Waals surface area (Å²) in [6.07, 6.45) is -0.882. The Hall–Kier alpha value is -1.09. The number of nitrogens with zero attached hydrogens (tertiary/aromatic N) is 2. The number of imidazole rings is 1. The van der Waals surface area contributed by atoms with Gasteiger partial charge in [0.25, 0.3) is 0 Å². The molecule has 0 atom stereocenters. The zero-order valence-electron chi connectivity index (χ0n) is 15.3. The van der Waals surface area contributed by atoms with E-state index in [2.05, 4.69) is 20.9 Å². The third-order valence-corrected chi connectivity index (χ3v) is 1.70. The van der Waals surface area contributed by atoms with E-state index in [1.165, 1.54) is 0 Å². The summed E-state index contributed by atoms with van der Waals surface area (Å²) >= 11 is 2.94. The normalized spacial score (nSPS) is 21.2. The molecule has 0 saturated heterocycles. The smallest absolute Gasteiger partial charge is 0.124 e. The molecule has 2 aromatic rings. The van der Waals surface area contributed by atoms with Crippen molar-refractivity contribution in [2.75, 3.05) is 0 Å². The minimum atomic E-state index is -2.85. The Morgan fingerprint density at radius 3 is 3.08 bits per heavy atom. The van der Waals surface area contributed by atoms with Gasteiger partial charge >= 0.3 is 0 Å². The van der Waals surface area contributed by atoms with Crippen LogP contribution in [0.2, 0.25) is 0 Å². The number of halogens is 1. The lowest BCUT2D eigenvalue weighted by Crippen LogP contribution is -1.92. The molecule has 13 heavy (non-hydrogen) atoms. The van der Waals surface area contributed by atoms with E-state index in [1.54, 1.807) is 0 Å². The fraction of sp³-hybridized carbons (Fsp3) is 0.100. The van der Waals surface area contributed by atoms with Gasteiger partial charge in [0, 0.05) is 16.0 Å². The Bertz CT molecular complexity index is 765. The number of hydrogen-bond acceptors (Lipinski definition) is 1. The van der Waals surface area contributed by atoms with Gasteiger partial charge in [0.15, 0.2) is 0 Å². The molecule has 1 aromatic heterocycles. The van der Waals surface area contributed by atoms with Gasteiger partial charge in [-0.15, -0.1) is 0 Å². The van der Waals surface area contributed by atoms with Crippen molar-refractivity contribution in [2.24, 2.45) is 0 Å². The molecule has 1 aromatic carbocycles. The van der Waals surface area contributed by atoms with Gasteiger partial charge in [-0.05, 0) is 34.4 Å². The zero-order chi connectivity index (χ0) is 17.0. The molecule has 0 radical (unpaired) electrons. The van der Waals surface area contributed by atoms with Crippen LogP contribution in [-0.4, -0.2) is 9.55 Å². The van der Waals surface area contributed by atoms with E-state index in [4.69, 9.17) is 12.3 Å². The van der Waals surface area contributed by atoms with E-state index >= 15 is 0 Å². The Morgan fingerprint density at radius 2 is 2.38 bits per heavy atom. The molecule has 0 aliphatic heterocycles. The van der Waals surface area contributed by atoms with E-state index in [0.717, 1.165) is 4.57 Å². The van der Waals surface area contributed by atoms with Crippen LogP contribution >= 0.6 is 15.9 Å². The maximum atomic E-state index is 7.92. The van der Waals surface area contributed by atoms with Gasteiger partial charge < -0.3 is 4.57 Å². The van der Waals surface area contributed by atoms with Crippen LogP contribution in [0.3, 0.4) is 0 Å². The molecule has 0 saturated carbocycles. The van der Waals surface area contributed by atoms with E-state index < -0.39 is 48.6 Å². The summed E-state index contributed by atoms with van der Waals surface area (Å²) in [4.78, 5) is 3.66. The van der Waals surface area contributed by atoms with Crippen molar-refractivity contribution < 1.29 is 12.3 Å². The number of hydrogen-bond donors (Lipinski definition) is 0. The largest absolute Gasteiger partial charge is 0.305 e. The maximum Gasteiger partial charge on any atom is 0.124 e. The van der Waals surface area contributed by atoms with Crippen molar-refractivity contribution in [1.82, 2.24) is 9.55 Å². The van der Waals surface area contributed by atoms with Crippen molar-refractivity contribution in [3.8, 4) is 5.69 Å². The molecule has 0 unspecified atom stereocenters. The van der Waals surface area contributed by atoms with Crippen molar-refractivity contribution >= 4 is 15.9 Å². The highest BCUT2D eigenvalue weighted by molar-refractivity contribution is 9.10. The number of aromatic nitrogens is 2. The highest BCUT2D eigenvalue weighted by Gasteiger charge is 1.99. The highest BCUT2D eigenvalue weighted by atomic mass is 79.9. The average Bonchev–Trinajstić information content (AvgIpc) is 2.64. The molecule has 0 fully saturated rings. The van der Waals surface area contributed by atoms with Gasteiger partial charge in [0.05, 0.1) is 6.85 Å². The summed E-state index contributed by atoms with van der Waals surface area (Å²) in [5.74, 6) is 0. The van der Waals surface area contributed by atoms with Crippen molar-refractivity contribution in [3.05, 3.63) is 46.8 Å². The van der Waals surface area contributed by atoms with Crippen molar-refractivity contribution in [3.63, 3.8) is 0 Å². The van der Waals surface area contributed by atoms with E-state index in [-0.39, 0.29) is 10.8 Å². The Labute approximate surface area is 98.0 Å². The quantitative estimate of drug-likeness (QED) is 0.756. The lowest BCUT2D eigenvalue weighted by atomic mass is 10.2. The topological polar surface area (TPSA) is 17.8 Å². The minimum Gasteiger partial charge on any atom is -0.305 e. The fourth-order valence-corrected chi connectivity index (χ4v) is 1.07. The molecule has 1 heterocycles. The van der Waals surface area contributed by atoms with Crippen LogP contribution < -0.4 is 0 Å². The maximum absolute atomic E-state index is 7.92. The molecule has 0 aliphatic carbocycles. The van der Waals surface area contributed by atoms with Gasteiger partial charge in [-0.2, -0.15) is 0 Å². The summed E-state index contributed by atoms with van der Waals surface area (Å²) in [5, 5.41) is 0. The number of rotatable bonds is 1.